The first-order valence-electron chi connectivity index (χ1n) is 4.88. The third-order valence-corrected chi connectivity index (χ3v) is 4.03. The van der Waals surface area contributed by atoms with Crippen LogP contribution in [0.2, 0.25) is 5.15 Å². The van der Waals surface area contributed by atoms with E-state index in [1.165, 1.54) is 18.3 Å². The van der Waals surface area contributed by atoms with Crippen molar-refractivity contribution in [2.24, 2.45) is 0 Å². The van der Waals surface area contributed by atoms with Crippen LogP contribution in [0.3, 0.4) is 0 Å². The summed E-state index contributed by atoms with van der Waals surface area (Å²) in [6, 6.07) is 2.19. The third kappa shape index (κ3) is 2.93. The summed E-state index contributed by atoms with van der Waals surface area (Å²) in [5.74, 6) is -0.162. The van der Waals surface area contributed by atoms with Gasteiger partial charge in [-0.05, 0) is 12.1 Å². The lowest BCUT2D eigenvalue weighted by molar-refractivity contribution is -0.119. The molecule has 8 heteroatoms. The summed E-state index contributed by atoms with van der Waals surface area (Å²) in [4.78, 5) is 14.7. The third-order valence-electron chi connectivity index (χ3n) is 2.31. The molecule has 0 aliphatic carbocycles. The fraction of sp³-hybridized carbons (Fsp3) is 0.333. The number of carbonyl (C=O) groups excluding carboxylic acids is 1. The Morgan fingerprint density at radius 3 is 2.88 bits per heavy atom. The Hall–Kier alpha value is -1.18. The first kappa shape index (κ1) is 12.3. The van der Waals surface area contributed by atoms with E-state index in [1.54, 1.807) is 0 Å². The molecule has 0 radical (unpaired) electrons. The molecular weight excluding hydrogens is 266 g/mol. The lowest BCUT2D eigenvalue weighted by Crippen LogP contribution is -2.36. The molecule has 1 saturated heterocycles. The maximum Gasteiger partial charge on any atom is 0.241 e. The van der Waals surface area contributed by atoms with Crippen molar-refractivity contribution in [3.05, 3.63) is 23.5 Å². The maximum atomic E-state index is 11.9. The van der Waals surface area contributed by atoms with E-state index < -0.39 is 16.1 Å². The van der Waals surface area contributed by atoms with Gasteiger partial charge in [-0.2, -0.15) is 0 Å². The Morgan fingerprint density at radius 2 is 2.29 bits per heavy atom. The number of hydrogen-bond acceptors (Lipinski definition) is 4. The number of aromatic nitrogens is 1. The number of nitrogens with zero attached hydrogens (tertiary/aromatic N) is 1. The van der Waals surface area contributed by atoms with Crippen LogP contribution in [0.25, 0.3) is 0 Å². The highest BCUT2D eigenvalue weighted by molar-refractivity contribution is 7.89. The Labute approximate surface area is 103 Å². The van der Waals surface area contributed by atoms with Crippen molar-refractivity contribution in [3.63, 3.8) is 0 Å². The largest absolute Gasteiger partial charge is 0.354 e. The Bertz CT molecular complexity index is 546. The molecule has 6 nitrogen and oxygen atoms in total. The van der Waals surface area contributed by atoms with E-state index in [0.717, 1.165) is 0 Å². The maximum absolute atomic E-state index is 11.9. The zero-order valence-corrected chi connectivity index (χ0v) is 10.3. The predicted molar refractivity (Wildman–Crippen MR) is 61.0 cm³/mol. The molecule has 2 heterocycles. The van der Waals surface area contributed by atoms with Crippen molar-refractivity contribution in [1.29, 1.82) is 0 Å². The first-order valence-corrected chi connectivity index (χ1v) is 6.74. The van der Waals surface area contributed by atoms with E-state index in [-0.39, 0.29) is 22.4 Å². The molecule has 0 saturated carbocycles. The van der Waals surface area contributed by atoms with Gasteiger partial charge in [-0.3, -0.25) is 4.79 Å². The minimum atomic E-state index is -3.66. The van der Waals surface area contributed by atoms with Gasteiger partial charge in [0.25, 0.3) is 0 Å². The van der Waals surface area contributed by atoms with Gasteiger partial charge in [-0.1, -0.05) is 11.6 Å². The van der Waals surface area contributed by atoms with Crippen LogP contribution >= 0.6 is 11.6 Å². The van der Waals surface area contributed by atoms with Crippen LogP contribution in [0.4, 0.5) is 0 Å². The molecule has 0 spiro atoms. The Morgan fingerprint density at radius 1 is 1.53 bits per heavy atom. The van der Waals surface area contributed by atoms with Crippen molar-refractivity contribution in [2.75, 3.05) is 6.54 Å². The van der Waals surface area contributed by atoms with Gasteiger partial charge in [-0.15, -0.1) is 0 Å². The molecule has 0 bridgehead atoms. The first-order chi connectivity index (χ1) is 7.97. The van der Waals surface area contributed by atoms with Crippen LogP contribution in [0.15, 0.2) is 23.2 Å². The molecule has 17 heavy (non-hydrogen) atoms. The second-order valence-corrected chi connectivity index (χ2v) is 5.74. The van der Waals surface area contributed by atoms with Gasteiger partial charge in [0.15, 0.2) is 0 Å². The summed E-state index contributed by atoms with van der Waals surface area (Å²) in [6.45, 7) is 0.302. The SMILES string of the molecule is O=C1CC(NS(=O)(=O)c2ccnc(Cl)c2)CN1. The summed E-state index contributed by atoms with van der Waals surface area (Å²) in [5, 5.41) is 2.66. The van der Waals surface area contributed by atoms with Gasteiger partial charge in [0.2, 0.25) is 15.9 Å². The predicted octanol–water partition coefficient (Wildman–Crippen LogP) is -0.0982. The molecule has 2 rings (SSSR count). The van der Waals surface area contributed by atoms with Gasteiger partial charge in [-0.25, -0.2) is 18.1 Å². The Balaban J connectivity index is 2.17. The fourth-order valence-electron chi connectivity index (χ4n) is 1.53. The summed E-state index contributed by atoms with van der Waals surface area (Å²) < 4.78 is 26.3. The van der Waals surface area contributed by atoms with Crippen molar-refractivity contribution in [2.45, 2.75) is 17.4 Å². The normalized spacial score (nSPS) is 20.3. The summed E-state index contributed by atoms with van der Waals surface area (Å²) in [6.07, 6.45) is 1.47. The number of pyridine rings is 1. The van der Waals surface area contributed by atoms with E-state index in [2.05, 4.69) is 15.0 Å². The molecule has 1 unspecified atom stereocenters. The van der Waals surface area contributed by atoms with Gasteiger partial charge < -0.3 is 5.32 Å². The smallest absolute Gasteiger partial charge is 0.241 e. The molecule has 1 amide bonds. The molecule has 1 fully saturated rings. The molecule has 1 aliphatic heterocycles. The zero-order chi connectivity index (χ0) is 12.5. The van der Waals surface area contributed by atoms with E-state index in [0.29, 0.717) is 6.54 Å². The van der Waals surface area contributed by atoms with Crippen molar-refractivity contribution < 1.29 is 13.2 Å². The molecule has 0 aromatic carbocycles. The number of rotatable bonds is 3. The zero-order valence-electron chi connectivity index (χ0n) is 8.68. The quantitative estimate of drug-likeness (QED) is 0.754. The minimum absolute atomic E-state index is 0.0387. The molecule has 1 aromatic rings. The number of carbonyl (C=O) groups is 1. The highest BCUT2D eigenvalue weighted by Crippen LogP contribution is 2.14. The highest BCUT2D eigenvalue weighted by atomic mass is 35.5. The van der Waals surface area contributed by atoms with E-state index >= 15 is 0 Å². The van der Waals surface area contributed by atoms with Gasteiger partial charge in [0.1, 0.15) is 5.15 Å². The monoisotopic (exact) mass is 275 g/mol. The fourth-order valence-corrected chi connectivity index (χ4v) is 3.01. The molecule has 1 atom stereocenters. The van der Waals surface area contributed by atoms with Crippen LogP contribution in [-0.2, 0) is 14.8 Å². The second-order valence-electron chi connectivity index (χ2n) is 3.64. The van der Waals surface area contributed by atoms with E-state index in [1.807, 2.05) is 0 Å². The standard InChI is InChI=1S/C9H10ClN3O3S/c10-8-4-7(1-2-11-8)17(15,16)13-6-3-9(14)12-5-6/h1-2,4,6,13H,3,5H2,(H,12,14). The van der Waals surface area contributed by atoms with E-state index in [4.69, 9.17) is 11.6 Å². The highest BCUT2D eigenvalue weighted by Gasteiger charge is 2.26. The summed E-state index contributed by atoms with van der Waals surface area (Å²) in [7, 11) is -3.66. The lowest BCUT2D eigenvalue weighted by atomic mass is 10.3. The topological polar surface area (TPSA) is 88.2 Å². The van der Waals surface area contributed by atoms with Crippen LogP contribution in [-0.4, -0.2) is 31.9 Å². The molecular formula is C9H10ClN3O3S. The molecule has 1 aromatic heterocycles. The number of nitrogens with one attached hydrogen (secondary N) is 2. The number of amides is 1. The second kappa shape index (κ2) is 4.59. The Kier molecular flexibility index (Phi) is 3.32. The van der Waals surface area contributed by atoms with Crippen LogP contribution in [0, 0.1) is 0 Å². The lowest BCUT2D eigenvalue weighted by Gasteiger charge is -2.10. The van der Waals surface area contributed by atoms with Crippen LogP contribution in [0.5, 0.6) is 0 Å². The minimum Gasteiger partial charge on any atom is -0.354 e. The van der Waals surface area contributed by atoms with Crippen molar-refractivity contribution >= 4 is 27.5 Å². The van der Waals surface area contributed by atoms with Crippen molar-refractivity contribution in [1.82, 2.24) is 15.0 Å². The molecule has 92 valence electrons. The van der Waals surface area contributed by atoms with Crippen LogP contribution < -0.4 is 10.0 Å². The summed E-state index contributed by atoms with van der Waals surface area (Å²) >= 11 is 5.62. The number of hydrogen-bond donors (Lipinski definition) is 2. The average molecular weight is 276 g/mol. The summed E-state index contributed by atoms with van der Waals surface area (Å²) in [5.41, 5.74) is 0. The van der Waals surface area contributed by atoms with Crippen molar-refractivity contribution in [3.8, 4) is 0 Å². The van der Waals surface area contributed by atoms with E-state index in [9.17, 15) is 13.2 Å². The number of sulfonamides is 1. The van der Waals surface area contributed by atoms with Gasteiger partial charge in [0, 0.05) is 25.2 Å². The number of halogens is 1. The molecule has 2 N–H and O–H groups in total. The van der Waals surface area contributed by atoms with Crippen LogP contribution in [0.1, 0.15) is 6.42 Å². The van der Waals surface area contributed by atoms with Gasteiger partial charge >= 0.3 is 0 Å². The molecule has 1 aliphatic rings. The van der Waals surface area contributed by atoms with Gasteiger partial charge in [0.05, 0.1) is 4.90 Å². The average Bonchev–Trinajstić information content (AvgIpc) is 2.63.